The van der Waals surface area contributed by atoms with Gasteiger partial charge in [0.25, 0.3) is 11.0 Å². The highest BCUT2D eigenvalue weighted by Gasteiger charge is 2.43. The second-order valence-electron chi connectivity index (χ2n) is 14.4. The molecule has 0 aromatic rings. The zero-order valence-corrected chi connectivity index (χ0v) is 48.1. The molecule has 0 rings (SSSR count). The molecule has 0 aromatic heterocycles. The molecule has 0 fully saturated rings. The maximum absolute atomic E-state index is 2.63. The molecule has 0 saturated carbocycles. The minimum Gasteiger partial charge on any atom is -0.161 e. The average molecular weight is 1010 g/mol. The van der Waals surface area contributed by atoms with Gasteiger partial charge in [0, 0.05) is 9.75 Å². The molecule has 14 heteroatoms. The second-order valence-corrected chi connectivity index (χ2v) is 55.0. The van der Waals surface area contributed by atoms with Gasteiger partial charge in [-0.15, -0.1) is 0 Å². The molecule has 0 spiro atoms. The summed E-state index contributed by atoms with van der Waals surface area (Å²) in [7, 11) is 12.8. The lowest BCUT2D eigenvalue weighted by Gasteiger charge is -2.35. The van der Waals surface area contributed by atoms with Crippen LogP contribution in [0.25, 0.3) is 0 Å². The van der Waals surface area contributed by atoms with Gasteiger partial charge in [-0.05, 0) is 112 Å². The monoisotopic (exact) mass is 1010 g/mol. The van der Waals surface area contributed by atoms with E-state index in [0.29, 0.717) is 0 Å². The first-order valence-corrected chi connectivity index (χ1v) is 44.3. The predicted octanol–water partition coefficient (Wildman–Crippen LogP) is 20.6. The second kappa shape index (κ2) is 44.2. The van der Waals surface area contributed by atoms with Crippen LogP contribution in [0.15, 0.2) is 0 Å². The van der Waals surface area contributed by atoms with Gasteiger partial charge < -0.3 is 0 Å². The van der Waals surface area contributed by atoms with E-state index in [2.05, 4.69) is 184 Å². The van der Waals surface area contributed by atoms with Gasteiger partial charge in [-0.25, -0.2) is 0 Å². The molecule has 2 unspecified atom stereocenters. The van der Waals surface area contributed by atoms with Gasteiger partial charge in [0.05, 0.1) is 0 Å². The van der Waals surface area contributed by atoms with Gasteiger partial charge in [0.2, 0.25) is 0 Å². The highest BCUT2D eigenvalue weighted by Crippen LogP contribution is 2.60. The van der Waals surface area contributed by atoms with E-state index in [9.17, 15) is 0 Å². The van der Waals surface area contributed by atoms with Gasteiger partial charge in [-0.1, -0.05) is 193 Å². The molecule has 0 N–H and O–H groups in total. The molecule has 0 heterocycles. The van der Waals surface area contributed by atoms with Crippen molar-refractivity contribution >= 4 is 139 Å². The van der Waals surface area contributed by atoms with Gasteiger partial charge in [0.1, 0.15) is 0 Å². The molecule has 326 valence electrons. The molecule has 0 amide bonds. The summed E-state index contributed by atoms with van der Waals surface area (Å²) in [6.45, 7) is 19.4. The predicted molar refractivity (Wildman–Crippen MR) is 296 cm³/mol. The quantitative estimate of drug-likeness (QED) is 0.0324. The van der Waals surface area contributed by atoms with Crippen molar-refractivity contribution in [3.8, 4) is 0 Å². The van der Waals surface area contributed by atoms with Crippen LogP contribution in [0.4, 0.5) is 0 Å². The summed E-state index contributed by atoms with van der Waals surface area (Å²) in [6, 6.07) is 0. The van der Waals surface area contributed by atoms with Crippen LogP contribution in [0.2, 0.25) is 0 Å². The zero-order chi connectivity index (χ0) is 39.9. The number of rotatable bonds is 45. The van der Waals surface area contributed by atoms with Crippen LogP contribution in [0.5, 0.6) is 0 Å². The molecule has 0 nitrogen and oxygen atoms in total. The number of hydrogen-bond donors (Lipinski definition) is 0. The van der Waals surface area contributed by atoms with Gasteiger partial charge in [-0.2, -0.15) is 67.3 Å². The third kappa shape index (κ3) is 32.3. The van der Waals surface area contributed by atoms with Crippen molar-refractivity contribution in [2.45, 2.75) is 219 Å². The van der Waals surface area contributed by atoms with E-state index in [1.165, 1.54) is 189 Å². The first-order chi connectivity index (χ1) is 26.4. The smallest absolute Gasteiger partial charge is 0.161 e. The Morgan fingerprint density at radius 2 is 0.481 bits per heavy atom. The molecule has 54 heavy (non-hydrogen) atoms. The third-order valence-corrected chi connectivity index (χ3v) is 64.2. The fourth-order valence-electron chi connectivity index (χ4n) is 5.70. The molecule has 0 aliphatic carbocycles. The van der Waals surface area contributed by atoms with Crippen LogP contribution in [0, 0.1) is 0 Å². The highest BCUT2D eigenvalue weighted by atomic mass is 33.9. The van der Waals surface area contributed by atoms with Crippen LogP contribution in [0.1, 0.15) is 209 Å². The molecule has 0 radical (unpaired) electrons. The van der Waals surface area contributed by atoms with E-state index >= 15 is 0 Å². The lowest BCUT2D eigenvalue weighted by Crippen LogP contribution is -2.36. The summed E-state index contributed by atoms with van der Waals surface area (Å²) in [5, 5.41) is 0. The summed E-state index contributed by atoms with van der Waals surface area (Å²) in [6.07, 6.45) is 33.5. The van der Waals surface area contributed by atoms with Crippen LogP contribution in [0.3, 0.4) is 0 Å². The zero-order valence-electron chi connectivity index (χ0n) is 36.3. The Labute approximate surface area is 388 Å². The Hall–Kier alpha value is 4.63. The van der Waals surface area contributed by atoms with Gasteiger partial charge in [-0.3, -0.25) is 0 Å². The fourth-order valence-corrected chi connectivity index (χ4v) is 64.7. The summed E-state index contributed by atoms with van der Waals surface area (Å²) < 4.78 is 0. The first-order valence-electron chi connectivity index (χ1n) is 22.2. The maximum Gasteiger partial charge on any atom is 0.251 e. The van der Waals surface area contributed by atoms with Crippen LogP contribution in [-0.4, -0.2) is 55.3 Å². The highest BCUT2D eigenvalue weighted by molar-refractivity contribution is 9.42. The van der Waals surface area contributed by atoms with Gasteiger partial charge >= 0.3 is 0 Å². The molecule has 0 saturated heterocycles. The third-order valence-electron chi connectivity index (χ3n) is 9.25. The van der Waals surface area contributed by atoms with E-state index in [4.69, 9.17) is 0 Å². The fraction of sp³-hybridized carbons (Fsp3) is 1.00. The Morgan fingerprint density at radius 1 is 0.278 bits per heavy atom. The Kier molecular flexibility index (Phi) is 48.0. The Bertz CT molecular complexity index is 626. The Balaban J connectivity index is 5.49. The normalized spacial score (nSPS) is 13.6. The summed E-state index contributed by atoms with van der Waals surface area (Å²) in [5.41, 5.74) is -3.20. The van der Waals surface area contributed by atoms with Crippen LogP contribution in [-0.2, 0) is 0 Å². The van der Waals surface area contributed by atoms with Crippen molar-refractivity contribution < 1.29 is 0 Å². The number of unbranched alkanes of at least 4 members (excludes halogenated alkanes) is 18. The summed E-state index contributed by atoms with van der Waals surface area (Å²) in [4.78, 5) is 1.51. The topological polar surface area (TPSA) is 0 Å². The molecule has 0 aromatic carbocycles. The lowest BCUT2D eigenvalue weighted by atomic mass is 10.2. The average Bonchev–Trinajstić information content (AvgIpc) is 3.17. The standard InChI is InChI=1S/C40H86S12Si2/c1-9-15-21-27-33-41-53(42-34-28-22-16-10-2,43-35-29-23-17-11-3)39(7)47-49-51-52-50-48-40(8)54(44-36-30-24-18-12-4,45-37-31-25-19-13-5)46-38-32-26-20-14-6/h39-40H,9-38H2,1-8H3. The van der Waals surface area contributed by atoms with Crippen molar-refractivity contribution in [2.24, 2.45) is 0 Å². The molecular formula is C40H86S12Si2. The van der Waals surface area contributed by atoms with Crippen LogP contribution < -0.4 is 0 Å². The molecular weight excluding hydrogens is 921 g/mol. The van der Waals surface area contributed by atoms with Gasteiger partial charge in [0.15, 0.2) is 0 Å². The number of hydrogen-bond acceptors (Lipinski definition) is 12. The Morgan fingerprint density at radius 3 is 0.667 bits per heavy atom. The maximum atomic E-state index is 2.63. The van der Waals surface area contributed by atoms with Crippen molar-refractivity contribution in [1.29, 1.82) is 0 Å². The summed E-state index contributed by atoms with van der Waals surface area (Å²) in [5.74, 6) is 8.29. The van der Waals surface area contributed by atoms with Crippen molar-refractivity contribution in [2.75, 3.05) is 34.5 Å². The first kappa shape index (κ1) is 58.6. The largest absolute Gasteiger partial charge is 0.251 e. The van der Waals surface area contributed by atoms with E-state index in [-0.39, 0.29) is 0 Å². The molecule has 0 aliphatic rings. The SMILES string of the molecule is CCCCCCS[Si](SCCCCCC)(SCCCCCC)C(C)SSSSSSC(C)[Si](SCCCCCC)(SCCCCCC)SCCCCCC. The molecule has 2 atom stereocenters. The van der Waals surface area contributed by atoms with Crippen LogP contribution >= 0.6 is 128 Å². The lowest BCUT2D eigenvalue weighted by molar-refractivity contribution is 0.706. The minimum atomic E-state index is -1.60. The van der Waals surface area contributed by atoms with Crippen molar-refractivity contribution in [3.05, 3.63) is 0 Å². The molecule has 0 bridgehead atoms. The minimum absolute atomic E-state index is 0.757. The van der Waals surface area contributed by atoms with Crippen molar-refractivity contribution in [1.82, 2.24) is 0 Å². The molecule has 0 aliphatic heterocycles. The van der Waals surface area contributed by atoms with Crippen molar-refractivity contribution in [3.63, 3.8) is 0 Å². The van der Waals surface area contributed by atoms with E-state index < -0.39 is 11.0 Å². The van der Waals surface area contributed by atoms with E-state index in [0.717, 1.165) is 9.75 Å². The van der Waals surface area contributed by atoms with E-state index in [1.54, 1.807) is 0 Å². The van der Waals surface area contributed by atoms with E-state index in [1.807, 2.05) is 0 Å². The summed E-state index contributed by atoms with van der Waals surface area (Å²) >= 11 is 14.8.